The molecule has 1 aliphatic rings. The third-order valence-electron chi connectivity index (χ3n) is 3.28. The number of rotatable bonds is 4. The molecule has 2 amide bonds. The van der Waals surface area contributed by atoms with E-state index in [2.05, 4.69) is 12.2 Å². The van der Waals surface area contributed by atoms with Crippen LogP contribution in [0.5, 0.6) is 0 Å². The highest BCUT2D eigenvalue weighted by Gasteiger charge is 2.26. The summed E-state index contributed by atoms with van der Waals surface area (Å²) in [6.07, 6.45) is 2.18. The van der Waals surface area contributed by atoms with Crippen molar-refractivity contribution in [2.45, 2.75) is 38.6 Å². The van der Waals surface area contributed by atoms with Crippen LogP contribution in [0.4, 0.5) is 4.79 Å². The maximum Gasteiger partial charge on any atom is 0.326 e. The Hall–Kier alpha value is -1.79. The Balaban J connectivity index is 2.55. The van der Waals surface area contributed by atoms with Crippen LogP contribution in [0.1, 0.15) is 32.6 Å². The van der Waals surface area contributed by atoms with Gasteiger partial charge in [-0.2, -0.15) is 0 Å². The first kappa shape index (κ1) is 15.3. The number of carbonyl (C=O) groups excluding carboxylic acids is 1. The van der Waals surface area contributed by atoms with Gasteiger partial charge in [-0.25, -0.2) is 9.59 Å². The SMILES string of the molecule is CC1CCCN(C(=O)N[C@@H](CC(=O)O)C(=O)O)CC1. The Labute approximate surface area is 111 Å². The second kappa shape index (κ2) is 6.96. The first-order chi connectivity index (χ1) is 8.90. The summed E-state index contributed by atoms with van der Waals surface area (Å²) in [6.45, 7) is 3.27. The standard InChI is InChI=1S/C12H20N2O5/c1-8-3-2-5-14(6-4-8)12(19)13-9(11(17)18)7-10(15)16/h8-9H,2-7H2,1H3,(H,13,19)(H,15,16)(H,17,18)/t8?,9-/m0/s1. The van der Waals surface area contributed by atoms with Crippen LogP contribution in [-0.4, -0.2) is 52.2 Å². The molecule has 0 aromatic heterocycles. The summed E-state index contributed by atoms with van der Waals surface area (Å²) in [4.78, 5) is 34.9. The molecule has 1 rings (SSSR count). The molecule has 0 aliphatic carbocycles. The highest BCUT2D eigenvalue weighted by atomic mass is 16.4. The Kier molecular flexibility index (Phi) is 5.59. The molecule has 1 heterocycles. The summed E-state index contributed by atoms with van der Waals surface area (Å²) >= 11 is 0. The summed E-state index contributed by atoms with van der Waals surface area (Å²) in [6, 6.07) is -1.88. The van der Waals surface area contributed by atoms with Crippen LogP contribution in [-0.2, 0) is 9.59 Å². The van der Waals surface area contributed by atoms with Gasteiger partial charge in [-0.1, -0.05) is 6.92 Å². The average molecular weight is 272 g/mol. The number of amides is 2. The molecule has 1 aliphatic heterocycles. The Morgan fingerprint density at radius 1 is 1.26 bits per heavy atom. The summed E-state index contributed by atoms with van der Waals surface area (Å²) < 4.78 is 0. The Morgan fingerprint density at radius 2 is 1.95 bits per heavy atom. The van der Waals surface area contributed by atoms with Gasteiger partial charge in [-0.3, -0.25) is 4.79 Å². The molecule has 7 nitrogen and oxygen atoms in total. The molecule has 2 atom stereocenters. The number of hydrogen-bond acceptors (Lipinski definition) is 3. The minimum absolute atomic E-state index is 0.497. The van der Waals surface area contributed by atoms with Crippen molar-refractivity contribution in [1.29, 1.82) is 0 Å². The lowest BCUT2D eigenvalue weighted by molar-refractivity contribution is -0.145. The predicted octanol–water partition coefficient (Wildman–Crippen LogP) is 0.746. The molecule has 0 radical (unpaired) electrons. The van der Waals surface area contributed by atoms with E-state index < -0.39 is 30.4 Å². The molecular formula is C12H20N2O5. The smallest absolute Gasteiger partial charge is 0.326 e. The van der Waals surface area contributed by atoms with E-state index in [4.69, 9.17) is 10.2 Å². The highest BCUT2D eigenvalue weighted by molar-refractivity contribution is 5.86. The lowest BCUT2D eigenvalue weighted by Crippen LogP contribution is -2.49. The first-order valence-corrected chi connectivity index (χ1v) is 6.40. The number of nitrogens with zero attached hydrogens (tertiary/aromatic N) is 1. The van der Waals surface area contributed by atoms with Crippen LogP contribution in [0.15, 0.2) is 0 Å². The van der Waals surface area contributed by atoms with Gasteiger partial charge in [0.2, 0.25) is 0 Å². The summed E-state index contributed by atoms with van der Waals surface area (Å²) in [7, 11) is 0. The molecule has 1 fully saturated rings. The zero-order valence-electron chi connectivity index (χ0n) is 11.0. The molecule has 0 spiro atoms. The van der Waals surface area contributed by atoms with Crippen LogP contribution >= 0.6 is 0 Å². The summed E-state index contributed by atoms with van der Waals surface area (Å²) in [5, 5.41) is 19.7. The van der Waals surface area contributed by atoms with E-state index >= 15 is 0 Å². The fourth-order valence-electron chi connectivity index (χ4n) is 2.08. The Morgan fingerprint density at radius 3 is 2.53 bits per heavy atom. The van der Waals surface area contributed by atoms with Crippen molar-refractivity contribution in [2.75, 3.05) is 13.1 Å². The van der Waals surface area contributed by atoms with Gasteiger partial charge >= 0.3 is 18.0 Å². The molecule has 0 aromatic carbocycles. The van der Waals surface area contributed by atoms with Gasteiger partial charge in [0.25, 0.3) is 0 Å². The van der Waals surface area contributed by atoms with Gasteiger partial charge in [-0.15, -0.1) is 0 Å². The number of urea groups is 1. The summed E-state index contributed by atoms with van der Waals surface area (Å²) in [5.74, 6) is -2.04. The molecule has 3 N–H and O–H groups in total. The average Bonchev–Trinajstić information content (AvgIpc) is 2.52. The van der Waals surface area contributed by atoms with Crippen molar-refractivity contribution in [3.8, 4) is 0 Å². The zero-order valence-corrected chi connectivity index (χ0v) is 11.0. The largest absolute Gasteiger partial charge is 0.481 e. The van der Waals surface area contributed by atoms with Crippen molar-refractivity contribution < 1.29 is 24.6 Å². The lowest BCUT2D eigenvalue weighted by Gasteiger charge is -2.23. The molecular weight excluding hydrogens is 252 g/mol. The molecule has 0 aromatic rings. The number of carboxylic acids is 2. The van der Waals surface area contributed by atoms with Crippen molar-refractivity contribution in [3.05, 3.63) is 0 Å². The van der Waals surface area contributed by atoms with Crippen LogP contribution in [0.25, 0.3) is 0 Å². The first-order valence-electron chi connectivity index (χ1n) is 6.40. The van der Waals surface area contributed by atoms with Crippen LogP contribution < -0.4 is 5.32 Å². The number of likely N-dealkylation sites (tertiary alicyclic amines) is 1. The minimum Gasteiger partial charge on any atom is -0.481 e. The lowest BCUT2D eigenvalue weighted by atomic mass is 10.0. The fourth-order valence-corrected chi connectivity index (χ4v) is 2.08. The van der Waals surface area contributed by atoms with Gasteiger partial charge < -0.3 is 20.4 Å². The van der Waals surface area contributed by atoms with E-state index in [0.717, 1.165) is 19.3 Å². The van der Waals surface area contributed by atoms with Crippen molar-refractivity contribution in [3.63, 3.8) is 0 Å². The van der Waals surface area contributed by atoms with Crippen molar-refractivity contribution in [2.24, 2.45) is 5.92 Å². The van der Waals surface area contributed by atoms with E-state index in [-0.39, 0.29) is 0 Å². The number of hydrogen-bond donors (Lipinski definition) is 3. The van der Waals surface area contributed by atoms with E-state index in [1.165, 1.54) is 0 Å². The number of carbonyl (C=O) groups is 3. The molecule has 19 heavy (non-hydrogen) atoms. The molecule has 108 valence electrons. The maximum absolute atomic E-state index is 11.9. The third kappa shape index (κ3) is 5.15. The molecule has 0 saturated carbocycles. The molecule has 0 bridgehead atoms. The second-order valence-corrected chi connectivity index (χ2v) is 4.96. The highest BCUT2D eigenvalue weighted by Crippen LogP contribution is 2.16. The maximum atomic E-state index is 11.9. The zero-order chi connectivity index (χ0) is 14.4. The monoisotopic (exact) mass is 272 g/mol. The van der Waals surface area contributed by atoms with Gasteiger partial charge in [0.05, 0.1) is 6.42 Å². The topological polar surface area (TPSA) is 107 Å². The van der Waals surface area contributed by atoms with Crippen molar-refractivity contribution in [1.82, 2.24) is 10.2 Å². The van der Waals surface area contributed by atoms with Crippen LogP contribution in [0.2, 0.25) is 0 Å². The van der Waals surface area contributed by atoms with E-state index in [1.54, 1.807) is 4.90 Å². The number of nitrogens with one attached hydrogen (secondary N) is 1. The van der Waals surface area contributed by atoms with Gasteiger partial charge in [-0.05, 0) is 25.2 Å². The number of aliphatic carboxylic acids is 2. The Bertz CT molecular complexity index is 358. The normalized spacial score (nSPS) is 21.3. The van der Waals surface area contributed by atoms with E-state index in [1.807, 2.05) is 0 Å². The predicted molar refractivity (Wildman–Crippen MR) is 66.8 cm³/mol. The van der Waals surface area contributed by atoms with E-state index in [0.29, 0.717) is 19.0 Å². The fraction of sp³-hybridized carbons (Fsp3) is 0.750. The molecule has 1 saturated heterocycles. The second-order valence-electron chi connectivity index (χ2n) is 4.96. The third-order valence-corrected chi connectivity index (χ3v) is 3.28. The van der Waals surface area contributed by atoms with Crippen molar-refractivity contribution >= 4 is 18.0 Å². The van der Waals surface area contributed by atoms with Gasteiger partial charge in [0.1, 0.15) is 6.04 Å². The molecule has 1 unspecified atom stereocenters. The van der Waals surface area contributed by atoms with E-state index in [9.17, 15) is 14.4 Å². The summed E-state index contributed by atoms with van der Waals surface area (Å²) in [5.41, 5.74) is 0. The van der Waals surface area contributed by atoms with Gasteiger partial charge in [0.15, 0.2) is 0 Å². The quantitative estimate of drug-likeness (QED) is 0.700. The van der Waals surface area contributed by atoms with Gasteiger partial charge in [0, 0.05) is 13.1 Å². The van der Waals surface area contributed by atoms with Crippen LogP contribution in [0, 0.1) is 5.92 Å². The molecule has 7 heteroatoms. The number of carboxylic acid groups (broad SMARTS) is 2. The minimum atomic E-state index is -1.38. The van der Waals surface area contributed by atoms with Crippen LogP contribution in [0.3, 0.4) is 0 Å².